The molecule has 4 heteroatoms. The zero-order valence-electron chi connectivity index (χ0n) is 11.5. The Bertz CT molecular complexity index is 395. The third-order valence-corrected chi connectivity index (χ3v) is 3.79. The van der Waals surface area contributed by atoms with Crippen LogP contribution in [0.25, 0.3) is 0 Å². The molecule has 0 aromatic heterocycles. The second-order valence-corrected chi connectivity index (χ2v) is 5.04. The zero-order valence-corrected chi connectivity index (χ0v) is 11.5. The first-order valence-corrected chi connectivity index (χ1v) is 6.84. The Balaban J connectivity index is 1.74. The average Bonchev–Trinajstić information content (AvgIpc) is 2.47. The Morgan fingerprint density at radius 1 is 1.32 bits per heavy atom. The molecule has 0 bridgehead atoms. The molecule has 0 amide bonds. The lowest BCUT2D eigenvalue weighted by atomic mass is 9.98. The van der Waals surface area contributed by atoms with Gasteiger partial charge in [-0.2, -0.15) is 0 Å². The van der Waals surface area contributed by atoms with E-state index in [1.165, 1.54) is 5.56 Å². The van der Waals surface area contributed by atoms with Gasteiger partial charge in [0.2, 0.25) is 0 Å². The number of likely N-dealkylation sites (tertiary alicyclic amines) is 1. The van der Waals surface area contributed by atoms with Crippen molar-refractivity contribution < 1.29 is 9.94 Å². The van der Waals surface area contributed by atoms with Gasteiger partial charge in [0.05, 0.1) is 7.11 Å². The van der Waals surface area contributed by atoms with Gasteiger partial charge in [-0.25, -0.2) is 0 Å². The van der Waals surface area contributed by atoms with Crippen molar-refractivity contribution in [2.24, 2.45) is 11.1 Å². The molecule has 4 nitrogen and oxygen atoms in total. The number of piperidine rings is 1. The monoisotopic (exact) mass is 262 g/mol. The molecule has 1 aliphatic rings. The van der Waals surface area contributed by atoms with Gasteiger partial charge in [0.1, 0.15) is 5.75 Å². The van der Waals surface area contributed by atoms with E-state index in [2.05, 4.69) is 22.2 Å². The third-order valence-electron chi connectivity index (χ3n) is 3.79. The van der Waals surface area contributed by atoms with Crippen LogP contribution < -0.4 is 4.74 Å². The molecule has 1 fully saturated rings. The molecule has 1 saturated heterocycles. The lowest BCUT2D eigenvalue weighted by molar-refractivity contribution is 0.211. The summed E-state index contributed by atoms with van der Waals surface area (Å²) in [7, 11) is 1.69. The van der Waals surface area contributed by atoms with Gasteiger partial charge in [-0.05, 0) is 56.0 Å². The molecule has 1 N–H and O–H groups in total. The second-order valence-electron chi connectivity index (χ2n) is 5.04. The second kappa shape index (κ2) is 7.14. The SMILES string of the molecule is COc1ccc(CCN2CCC(/C=N\O)CC2)cc1. The van der Waals surface area contributed by atoms with Crippen LogP contribution in [0.5, 0.6) is 5.75 Å². The number of hydrogen-bond acceptors (Lipinski definition) is 4. The Morgan fingerprint density at radius 2 is 2.00 bits per heavy atom. The molecule has 0 atom stereocenters. The quantitative estimate of drug-likeness (QED) is 0.503. The lowest BCUT2D eigenvalue weighted by Crippen LogP contribution is -2.35. The van der Waals surface area contributed by atoms with E-state index in [4.69, 9.17) is 9.94 Å². The van der Waals surface area contributed by atoms with Crippen LogP contribution in [-0.4, -0.2) is 43.1 Å². The standard InChI is InChI=1S/C15H22N2O2/c1-19-15-4-2-13(3-5-15)6-9-17-10-7-14(8-11-17)12-16-18/h2-5,12,14,18H,6-11H2,1H3/b16-12-. The van der Waals surface area contributed by atoms with E-state index in [9.17, 15) is 0 Å². The molecule has 0 unspecified atom stereocenters. The molecule has 19 heavy (non-hydrogen) atoms. The number of nitrogens with zero attached hydrogens (tertiary/aromatic N) is 2. The summed E-state index contributed by atoms with van der Waals surface area (Å²) in [5.74, 6) is 1.36. The molecule has 0 aliphatic carbocycles. The Labute approximate surface area is 114 Å². The summed E-state index contributed by atoms with van der Waals surface area (Å²) in [6, 6.07) is 8.28. The summed E-state index contributed by atoms with van der Waals surface area (Å²) in [5.41, 5.74) is 1.35. The molecule has 2 rings (SSSR count). The summed E-state index contributed by atoms with van der Waals surface area (Å²) in [5, 5.41) is 11.7. The molecule has 0 radical (unpaired) electrons. The smallest absolute Gasteiger partial charge is 0.118 e. The summed E-state index contributed by atoms with van der Waals surface area (Å²) in [4.78, 5) is 2.48. The maximum absolute atomic E-state index is 8.52. The van der Waals surface area contributed by atoms with Gasteiger partial charge < -0.3 is 14.8 Å². The maximum Gasteiger partial charge on any atom is 0.118 e. The fourth-order valence-electron chi connectivity index (χ4n) is 2.50. The van der Waals surface area contributed by atoms with Gasteiger partial charge in [0.15, 0.2) is 0 Å². The van der Waals surface area contributed by atoms with Crippen molar-refractivity contribution in [1.29, 1.82) is 0 Å². The number of hydrogen-bond donors (Lipinski definition) is 1. The maximum atomic E-state index is 8.52. The van der Waals surface area contributed by atoms with Gasteiger partial charge in [0.25, 0.3) is 0 Å². The van der Waals surface area contributed by atoms with Crippen molar-refractivity contribution in [2.45, 2.75) is 19.3 Å². The first-order chi connectivity index (χ1) is 9.31. The van der Waals surface area contributed by atoms with Crippen molar-refractivity contribution >= 4 is 6.21 Å². The van der Waals surface area contributed by atoms with Crippen molar-refractivity contribution in [3.8, 4) is 5.75 Å². The van der Waals surface area contributed by atoms with E-state index < -0.39 is 0 Å². The highest BCUT2D eigenvalue weighted by Crippen LogP contribution is 2.16. The van der Waals surface area contributed by atoms with Crippen molar-refractivity contribution in [3.05, 3.63) is 29.8 Å². The van der Waals surface area contributed by atoms with E-state index in [1.54, 1.807) is 13.3 Å². The van der Waals surface area contributed by atoms with E-state index in [0.717, 1.165) is 44.6 Å². The first kappa shape index (κ1) is 13.9. The van der Waals surface area contributed by atoms with Gasteiger partial charge >= 0.3 is 0 Å². The molecule has 1 aromatic rings. The fraction of sp³-hybridized carbons (Fsp3) is 0.533. The molecule has 0 spiro atoms. The van der Waals surface area contributed by atoms with Crippen LogP contribution in [0.1, 0.15) is 18.4 Å². The first-order valence-electron chi connectivity index (χ1n) is 6.84. The van der Waals surface area contributed by atoms with Gasteiger partial charge in [-0.15, -0.1) is 5.16 Å². The average molecular weight is 262 g/mol. The fourth-order valence-corrected chi connectivity index (χ4v) is 2.50. The van der Waals surface area contributed by atoms with Crippen molar-refractivity contribution in [3.63, 3.8) is 0 Å². The highest BCUT2D eigenvalue weighted by atomic mass is 16.5. The van der Waals surface area contributed by atoms with E-state index in [-0.39, 0.29) is 0 Å². The summed E-state index contributed by atoms with van der Waals surface area (Å²) < 4.78 is 5.16. The number of methoxy groups -OCH3 is 1. The van der Waals surface area contributed by atoms with Gasteiger partial charge in [-0.1, -0.05) is 12.1 Å². The lowest BCUT2D eigenvalue weighted by Gasteiger charge is -2.30. The molecule has 104 valence electrons. The van der Waals surface area contributed by atoms with Gasteiger partial charge in [0, 0.05) is 12.8 Å². The normalized spacial score (nSPS) is 17.9. The molecule has 1 aliphatic heterocycles. The number of oxime groups is 1. The molecule has 1 heterocycles. The van der Waals surface area contributed by atoms with Crippen LogP contribution in [0.3, 0.4) is 0 Å². The highest BCUT2D eigenvalue weighted by molar-refractivity contribution is 5.59. The summed E-state index contributed by atoms with van der Waals surface area (Å²) in [6.07, 6.45) is 4.92. The van der Waals surface area contributed by atoms with Crippen LogP contribution >= 0.6 is 0 Å². The van der Waals surface area contributed by atoms with Crippen LogP contribution in [0, 0.1) is 5.92 Å². The minimum Gasteiger partial charge on any atom is -0.497 e. The number of ether oxygens (including phenoxy) is 1. The van der Waals surface area contributed by atoms with Crippen LogP contribution in [-0.2, 0) is 6.42 Å². The minimum absolute atomic E-state index is 0.447. The van der Waals surface area contributed by atoms with Crippen LogP contribution in [0.4, 0.5) is 0 Å². The van der Waals surface area contributed by atoms with E-state index >= 15 is 0 Å². The Morgan fingerprint density at radius 3 is 2.58 bits per heavy atom. The topological polar surface area (TPSA) is 45.1 Å². The Hall–Kier alpha value is -1.55. The summed E-state index contributed by atoms with van der Waals surface area (Å²) >= 11 is 0. The van der Waals surface area contributed by atoms with E-state index in [1.807, 2.05) is 12.1 Å². The van der Waals surface area contributed by atoms with Crippen LogP contribution in [0.15, 0.2) is 29.4 Å². The van der Waals surface area contributed by atoms with Crippen molar-refractivity contribution in [1.82, 2.24) is 4.90 Å². The predicted molar refractivity (Wildman–Crippen MR) is 76.1 cm³/mol. The third kappa shape index (κ3) is 4.24. The number of benzene rings is 1. The predicted octanol–water partition coefficient (Wildman–Crippen LogP) is 2.41. The van der Waals surface area contributed by atoms with Crippen LogP contribution in [0.2, 0.25) is 0 Å². The molecule has 1 aromatic carbocycles. The largest absolute Gasteiger partial charge is 0.497 e. The minimum atomic E-state index is 0.447. The van der Waals surface area contributed by atoms with E-state index in [0.29, 0.717) is 5.92 Å². The highest BCUT2D eigenvalue weighted by Gasteiger charge is 2.17. The van der Waals surface area contributed by atoms with Gasteiger partial charge in [-0.3, -0.25) is 0 Å². The molecular weight excluding hydrogens is 240 g/mol. The molecule has 0 saturated carbocycles. The van der Waals surface area contributed by atoms with Crippen molar-refractivity contribution in [2.75, 3.05) is 26.7 Å². The zero-order chi connectivity index (χ0) is 13.5. The summed E-state index contributed by atoms with van der Waals surface area (Å²) in [6.45, 7) is 3.27. The Kier molecular flexibility index (Phi) is 5.21. The molecular formula is C15H22N2O2. The number of rotatable bonds is 5.